The van der Waals surface area contributed by atoms with Gasteiger partial charge in [-0.15, -0.1) is 6.58 Å². The predicted molar refractivity (Wildman–Crippen MR) is 139 cm³/mol. The average molecular weight is 448 g/mol. The number of aliphatic imine (C=N–C) groups is 1. The molecule has 0 aliphatic heterocycles. The molecule has 1 unspecified atom stereocenters. The first kappa shape index (κ1) is 27.6. The summed E-state index contributed by atoms with van der Waals surface area (Å²) < 4.78 is 10.3. The van der Waals surface area contributed by atoms with Crippen molar-refractivity contribution in [3.05, 3.63) is 72.5 Å². The van der Waals surface area contributed by atoms with Crippen LogP contribution in [-0.4, -0.2) is 25.1 Å². The number of hydrogen-bond acceptors (Lipinski definition) is 5. The molecular formula is C28H37N3O2. The molecule has 1 heterocycles. The highest BCUT2D eigenvalue weighted by Gasteiger charge is 2.26. The number of aromatic nitrogens is 1. The molecule has 0 bridgehead atoms. The molecule has 0 aliphatic carbocycles. The lowest BCUT2D eigenvalue weighted by atomic mass is 9.79. The van der Waals surface area contributed by atoms with Crippen molar-refractivity contribution in [1.29, 1.82) is 5.26 Å². The molecule has 2 rings (SSSR count). The molecule has 1 atom stereocenters. The fraction of sp³-hybridized carbons (Fsp3) is 0.393. The molecule has 1 aromatic heterocycles. The topological polar surface area (TPSA) is 67.5 Å². The molecule has 0 saturated carbocycles. The summed E-state index contributed by atoms with van der Waals surface area (Å²) in [5, 5.41) is 10.7. The van der Waals surface area contributed by atoms with Gasteiger partial charge in [0.1, 0.15) is 0 Å². The number of aryl methyl sites for hydroxylation is 1. The number of rotatable bonds is 9. The molecule has 5 nitrogen and oxygen atoms in total. The molecule has 5 heteroatoms. The fourth-order valence-corrected chi connectivity index (χ4v) is 3.18. The van der Waals surface area contributed by atoms with Gasteiger partial charge in [-0.2, -0.15) is 5.26 Å². The molecule has 2 aromatic rings. The Labute approximate surface area is 199 Å². The van der Waals surface area contributed by atoms with Gasteiger partial charge in [0.15, 0.2) is 0 Å². The van der Waals surface area contributed by atoms with Crippen LogP contribution in [0.5, 0.6) is 5.88 Å². The quantitative estimate of drug-likeness (QED) is 0.234. The van der Waals surface area contributed by atoms with Crippen molar-refractivity contribution < 1.29 is 9.47 Å². The van der Waals surface area contributed by atoms with E-state index >= 15 is 0 Å². The Hall–Kier alpha value is -3.39. The largest absolute Gasteiger partial charge is 0.481 e. The van der Waals surface area contributed by atoms with Gasteiger partial charge in [-0.25, -0.2) is 9.98 Å². The number of methoxy groups -OCH3 is 2. The van der Waals surface area contributed by atoms with Crippen molar-refractivity contribution in [2.24, 2.45) is 4.99 Å². The van der Waals surface area contributed by atoms with Crippen LogP contribution >= 0.6 is 0 Å². The Bertz CT molecular complexity index is 1050. The third kappa shape index (κ3) is 8.23. The molecular weight excluding hydrogens is 410 g/mol. The zero-order chi connectivity index (χ0) is 24.9. The molecule has 176 valence electrons. The average Bonchev–Trinajstić information content (AvgIpc) is 2.83. The minimum Gasteiger partial charge on any atom is -0.481 e. The lowest BCUT2D eigenvalue weighted by molar-refractivity contribution is 0.394. The van der Waals surface area contributed by atoms with Gasteiger partial charge in [0.05, 0.1) is 31.2 Å². The number of benzene rings is 1. The molecule has 1 aromatic carbocycles. The molecule has 0 aliphatic rings. The van der Waals surface area contributed by atoms with Gasteiger partial charge < -0.3 is 9.47 Å². The monoisotopic (exact) mass is 447 g/mol. The van der Waals surface area contributed by atoms with Crippen LogP contribution in [0.3, 0.4) is 0 Å². The predicted octanol–water partition coefficient (Wildman–Crippen LogP) is 7.08. The minimum absolute atomic E-state index is 0.527. The van der Waals surface area contributed by atoms with E-state index in [9.17, 15) is 5.26 Å². The Balaban J connectivity index is 0.000000420. The Kier molecular flexibility index (Phi) is 11.6. The SMILES string of the molecule is C=C(C)N=C(/C=C\CC)OC.C=CCCC(C)(C#N)c1ccc2cc(CC)c(OC)nc2c1. The molecule has 0 saturated heterocycles. The highest BCUT2D eigenvalue weighted by molar-refractivity contribution is 5.88. The van der Waals surface area contributed by atoms with E-state index in [2.05, 4.69) is 49.1 Å². The summed E-state index contributed by atoms with van der Waals surface area (Å²) in [7, 11) is 3.24. The van der Waals surface area contributed by atoms with Crippen molar-refractivity contribution in [2.75, 3.05) is 14.2 Å². The van der Waals surface area contributed by atoms with Crippen molar-refractivity contribution in [3.8, 4) is 11.9 Å². The van der Waals surface area contributed by atoms with Crippen LogP contribution in [-0.2, 0) is 16.6 Å². The zero-order valence-corrected chi connectivity index (χ0v) is 20.9. The van der Waals surface area contributed by atoms with Crippen LogP contribution in [0, 0.1) is 11.3 Å². The highest BCUT2D eigenvalue weighted by Crippen LogP contribution is 2.32. The Morgan fingerprint density at radius 1 is 1.27 bits per heavy atom. The van der Waals surface area contributed by atoms with E-state index < -0.39 is 5.41 Å². The van der Waals surface area contributed by atoms with Crippen LogP contribution in [0.25, 0.3) is 10.9 Å². The first-order valence-corrected chi connectivity index (χ1v) is 11.2. The van der Waals surface area contributed by atoms with Gasteiger partial charge in [-0.3, -0.25) is 0 Å². The maximum atomic E-state index is 9.59. The summed E-state index contributed by atoms with van der Waals surface area (Å²) in [6.45, 7) is 15.3. The maximum absolute atomic E-state index is 9.59. The van der Waals surface area contributed by atoms with E-state index in [0.717, 1.165) is 53.4 Å². The number of ether oxygens (including phenoxy) is 2. The number of nitrogens with zero attached hydrogens (tertiary/aromatic N) is 3. The van der Waals surface area contributed by atoms with Crippen LogP contribution in [0.15, 0.2) is 66.3 Å². The van der Waals surface area contributed by atoms with E-state index in [1.165, 1.54) is 0 Å². The summed E-state index contributed by atoms with van der Waals surface area (Å²) in [6, 6.07) is 10.6. The van der Waals surface area contributed by atoms with Crippen LogP contribution in [0.1, 0.15) is 58.1 Å². The van der Waals surface area contributed by atoms with E-state index in [4.69, 9.17) is 9.47 Å². The van der Waals surface area contributed by atoms with Crippen molar-refractivity contribution in [1.82, 2.24) is 4.98 Å². The lowest BCUT2D eigenvalue weighted by Crippen LogP contribution is -2.19. The van der Waals surface area contributed by atoms with Crippen molar-refractivity contribution in [2.45, 2.75) is 58.8 Å². The Morgan fingerprint density at radius 2 is 2.00 bits per heavy atom. The Morgan fingerprint density at radius 3 is 2.52 bits per heavy atom. The van der Waals surface area contributed by atoms with Crippen LogP contribution in [0.2, 0.25) is 0 Å². The molecule has 0 fully saturated rings. The van der Waals surface area contributed by atoms with Gasteiger partial charge in [0.2, 0.25) is 11.8 Å². The second-order valence-electron chi connectivity index (χ2n) is 7.89. The highest BCUT2D eigenvalue weighted by atomic mass is 16.5. The number of nitriles is 1. The fourth-order valence-electron chi connectivity index (χ4n) is 3.18. The summed E-state index contributed by atoms with van der Waals surface area (Å²) >= 11 is 0. The van der Waals surface area contributed by atoms with Gasteiger partial charge >= 0.3 is 0 Å². The minimum atomic E-state index is -0.527. The van der Waals surface area contributed by atoms with E-state index in [-0.39, 0.29) is 0 Å². The van der Waals surface area contributed by atoms with E-state index in [0.29, 0.717) is 11.8 Å². The van der Waals surface area contributed by atoms with Crippen molar-refractivity contribution >= 4 is 16.8 Å². The van der Waals surface area contributed by atoms with Crippen LogP contribution in [0.4, 0.5) is 0 Å². The smallest absolute Gasteiger partial charge is 0.216 e. The summed E-state index contributed by atoms with van der Waals surface area (Å²) in [4.78, 5) is 8.65. The van der Waals surface area contributed by atoms with Gasteiger partial charge in [-0.05, 0) is 63.3 Å². The van der Waals surface area contributed by atoms with E-state index in [1.54, 1.807) is 14.2 Å². The van der Waals surface area contributed by atoms with Gasteiger partial charge in [0.25, 0.3) is 0 Å². The number of pyridine rings is 1. The molecule has 0 radical (unpaired) electrons. The van der Waals surface area contributed by atoms with Gasteiger partial charge in [0, 0.05) is 16.6 Å². The molecule has 0 amide bonds. The number of fused-ring (bicyclic) bond motifs is 1. The number of hydrogen-bond donors (Lipinski definition) is 0. The first-order chi connectivity index (χ1) is 15.8. The summed E-state index contributed by atoms with van der Waals surface area (Å²) in [6.07, 6.45) is 9.11. The molecule has 0 N–H and O–H groups in total. The third-order valence-corrected chi connectivity index (χ3v) is 5.17. The zero-order valence-electron chi connectivity index (χ0n) is 20.9. The lowest BCUT2D eigenvalue weighted by Gasteiger charge is -2.22. The first-order valence-electron chi connectivity index (χ1n) is 11.2. The van der Waals surface area contributed by atoms with E-state index in [1.807, 2.05) is 50.3 Å². The second kappa shape index (κ2) is 13.9. The summed E-state index contributed by atoms with van der Waals surface area (Å²) in [5.74, 6) is 1.27. The summed E-state index contributed by atoms with van der Waals surface area (Å²) in [5.41, 5.74) is 3.18. The van der Waals surface area contributed by atoms with Crippen molar-refractivity contribution in [3.63, 3.8) is 0 Å². The second-order valence-corrected chi connectivity index (χ2v) is 7.89. The van der Waals surface area contributed by atoms with Crippen LogP contribution < -0.4 is 4.74 Å². The normalized spacial score (nSPS) is 12.9. The molecule has 0 spiro atoms. The maximum Gasteiger partial charge on any atom is 0.216 e. The standard InChI is InChI=1S/C19H22N2O.C9H15NO/c1-5-7-10-19(3,13-20)16-9-8-15-11-14(6-2)18(22-4)21-17(15)12-16;1-5-6-7-9(11-4)10-8(2)3/h5,8-9,11-12H,1,6-7,10H2,2-4H3;6-7H,2,5H2,1,3-4H3/b;7-6-,10-9?. The third-order valence-electron chi connectivity index (χ3n) is 5.17. The number of allylic oxidation sites excluding steroid dienone is 3. The van der Waals surface area contributed by atoms with Gasteiger partial charge in [-0.1, -0.05) is 44.7 Å². The molecule has 33 heavy (non-hydrogen) atoms.